The van der Waals surface area contributed by atoms with Crippen LogP contribution in [-0.4, -0.2) is 24.5 Å². The summed E-state index contributed by atoms with van der Waals surface area (Å²) in [5.41, 5.74) is 0.575. The van der Waals surface area contributed by atoms with Gasteiger partial charge in [-0.1, -0.05) is 30.3 Å². The first kappa shape index (κ1) is 13.6. The molecule has 1 aliphatic carbocycles. The molecule has 0 aromatic heterocycles. The third-order valence-corrected chi connectivity index (χ3v) is 3.50. The molecule has 0 heterocycles. The van der Waals surface area contributed by atoms with E-state index in [4.69, 9.17) is 4.74 Å². The summed E-state index contributed by atoms with van der Waals surface area (Å²) < 4.78 is 4.89. The lowest BCUT2D eigenvalue weighted by molar-refractivity contribution is -0.147. The minimum atomic E-state index is -0.603. The molecule has 1 unspecified atom stereocenters. The molecule has 0 radical (unpaired) electrons. The molecule has 102 valence electrons. The lowest BCUT2D eigenvalue weighted by Gasteiger charge is -2.19. The molecule has 1 aliphatic rings. The van der Waals surface area contributed by atoms with Crippen LogP contribution in [0.5, 0.6) is 0 Å². The molecule has 0 bridgehead atoms. The van der Waals surface area contributed by atoms with E-state index in [9.17, 15) is 9.59 Å². The normalized spacial score (nSPS) is 17.4. The zero-order valence-electron chi connectivity index (χ0n) is 11.3. The number of carbonyl (C=O) groups is 2. The highest BCUT2D eigenvalue weighted by atomic mass is 16.5. The van der Waals surface area contributed by atoms with Crippen LogP contribution in [0.2, 0.25) is 0 Å². The molecule has 0 saturated heterocycles. The zero-order chi connectivity index (χ0) is 13.9. The van der Waals surface area contributed by atoms with Gasteiger partial charge in [0.25, 0.3) is 0 Å². The van der Waals surface area contributed by atoms with E-state index in [0.29, 0.717) is 6.61 Å². The van der Waals surface area contributed by atoms with Crippen molar-refractivity contribution >= 4 is 11.9 Å². The maximum Gasteiger partial charge on any atom is 0.328 e. The number of hydrogen-bond donors (Lipinski definition) is 1. The Bertz CT molecular complexity index is 466. The summed E-state index contributed by atoms with van der Waals surface area (Å²) in [5, 5.41) is 2.75. The highest BCUT2D eigenvalue weighted by molar-refractivity contribution is 5.94. The van der Waals surface area contributed by atoms with Gasteiger partial charge in [-0.2, -0.15) is 0 Å². The van der Waals surface area contributed by atoms with Crippen LogP contribution < -0.4 is 5.32 Å². The van der Waals surface area contributed by atoms with E-state index in [2.05, 4.69) is 5.32 Å². The van der Waals surface area contributed by atoms with E-state index in [1.807, 2.05) is 30.3 Å². The average molecular weight is 261 g/mol. The maximum atomic E-state index is 12.3. The average Bonchev–Trinajstić information content (AvgIpc) is 3.21. The van der Waals surface area contributed by atoms with Gasteiger partial charge in [0, 0.05) is 0 Å². The van der Waals surface area contributed by atoms with Crippen LogP contribution in [-0.2, 0) is 19.7 Å². The van der Waals surface area contributed by atoms with Crippen molar-refractivity contribution in [3.05, 3.63) is 35.9 Å². The summed E-state index contributed by atoms with van der Waals surface area (Å²) in [7, 11) is 0. The Labute approximate surface area is 113 Å². The third-order valence-electron chi connectivity index (χ3n) is 3.50. The third kappa shape index (κ3) is 2.78. The predicted molar refractivity (Wildman–Crippen MR) is 71.6 cm³/mol. The fraction of sp³-hybridized carbons (Fsp3) is 0.467. The molecule has 1 aromatic rings. The minimum absolute atomic E-state index is 0.0840. The second-order valence-electron chi connectivity index (χ2n) is 4.90. The molecule has 2 rings (SSSR count). The van der Waals surface area contributed by atoms with E-state index in [1.54, 1.807) is 13.8 Å². The van der Waals surface area contributed by atoms with E-state index in [0.717, 1.165) is 18.4 Å². The highest BCUT2D eigenvalue weighted by Crippen LogP contribution is 2.48. The topological polar surface area (TPSA) is 55.4 Å². The number of benzene rings is 1. The van der Waals surface area contributed by atoms with Crippen molar-refractivity contribution in [2.75, 3.05) is 6.61 Å². The van der Waals surface area contributed by atoms with Crippen LogP contribution in [0, 0.1) is 0 Å². The van der Waals surface area contributed by atoms with Gasteiger partial charge in [-0.25, -0.2) is 4.79 Å². The molecule has 0 aliphatic heterocycles. The van der Waals surface area contributed by atoms with Crippen LogP contribution in [0.1, 0.15) is 32.3 Å². The van der Waals surface area contributed by atoms with Gasteiger partial charge in [0.1, 0.15) is 6.04 Å². The summed E-state index contributed by atoms with van der Waals surface area (Å²) in [6, 6.07) is 9.10. The number of amides is 1. The van der Waals surface area contributed by atoms with Crippen molar-refractivity contribution in [1.82, 2.24) is 5.32 Å². The smallest absolute Gasteiger partial charge is 0.328 e. The first-order valence-corrected chi connectivity index (χ1v) is 6.63. The van der Waals surface area contributed by atoms with Crippen LogP contribution >= 0.6 is 0 Å². The molecule has 1 fully saturated rings. The summed E-state index contributed by atoms with van der Waals surface area (Å²) in [5.74, 6) is -0.473. The van der Waals surface area contributed by atoms with Crippen molar-refractivity contribution in [3.63, 3.8) is 0 Å². The molecular weight excluding hydrogens is 242 g/mol. The second-order valence-corrected chi connectivity index (χ2v) is 4.90. The first-order valence-electron chi connectivity index (χ1n) is 6.63. The van der Waals surface area contributed by atoms with Crippen LogP contribution in [0.15, 0.2) is 30.3 Å². The molecular formula is C15H19NO3. The summed E-state index contributed by atoms with van der Waals surface area (Å²) in [6.45, 7) is 3.72. The second kappa shape index (κ2) is 5.43. The molecule has 1 amide bonds. The van der Waals surface area contributed by atoms with Gasteiger partial charge in [-0.05, 0) is 32.3 Å². The Morgan fingerprint density at radius 1 is 1.32 bits per heavy atom. The van der Waals surface area contributed by atoms with Gasteiger partial charge in [-0.3, -0.25) is 4.79 Å². The molecule has 0 spiro atoms. The van der Waals surface area contributed by atoms with E-state index in [1.165, 1.54) is 0 Å². The van der Waals surface area contributed by atoms with Crippen molar-refractivity contribution in [1.29, 1.82) is 0 Å². The van der Waals surface area contributed by atoms with Gasteiger partial charge in [0.15, 0.2) is 0 Å². The van der Waals surface area contributed by atoms with Gasteiger partial charge < -0.3 is 10.1 Å². The number of carbonyl (C=O) groups excluding carboxylic acids is 2. The number of esters is 1. The van der Waals surface area contributed by atoms with Crippen LogP contribution in [0.3, 0.4) is 0 Å². The Kier molecular flexibility index (Phi) is 3.88. The molecule has 1 atom stereocenters. The molecule has 1 N–H and O–H groups in total. The zero-order valence-corrected chi connectivity index (χ0v) is 11.3. The molecule has 4 heteroatoms. The van der Waals surface area contributed by atoms with Crippen molar-refractivity contribution in [2.24, 2.45) is 0 Å². The lowest BCUT2D eigenvalue weighted by atomic mass is 9.95. The van der Waals surface area contributed by atoms with Gasteiger partial charge in [0.05, 0.1) is 12.0 Å². The first-order chi connectivity index (χ1) is 9.10. The van der Waals surface area contributed by atoms with E-state index in [-0.39, 0.29) is 11.9 Å². The van der Waals surface area contributed by atoms with Gasteiger partial charge >= 0.3 is 5.97 Å². The van der Waals surface area contributed by atoms with Gasteiger partial charge in [0.2, 0.25) is 5.91 Å². The van der Waals surface area contributed by atoms with Crippen molar-refractivity contribution < 1.29 is 14.3 Å². The van der Waals surface area contributed by atoms with Crippen LogP contribution in [0.25, 0.3) is 0 Å². The Hall–Kier alpha value is -1.84. The number of rotatable bonds is 5. The summed E-state index contributed by atoms with van der Waals surface area (Å²) in [6.07, 6.45) is 1.66. The minimum Gasteiger partial charge on any atom is -0.464 e. The quantitative estimate of drug-likeness (QED) is 0.822. The van der Waals surface area contributed by atoms with Crippen LogP contribution in [0.4, 0.5) is 0 Å². The van der Waals surface area contributed by atoms with Crippen molar-refractivity contribution in [3.8, 4) is 0 Å². The highest BCUT2D eigenvalue weighted by Gasteiger charge is 2.51. The van der Waals surface area contributed by atoms with Gasteiger partial charge in [-0.15, -0.1) is 0 Å². The number of nitrogens with one attached hydrogen (secondary N) is 1. The monoisotopic (exact) mass is 261 g/mol. The standard InChI is InChI=1S/C15H19NO3/c1-3-19-13(17)11(2)16-14(18)15(9-10-15)12-7-5-4-6-8-12/h4-8,11H,3,9-10H2,1-2H3,(H,16,18). The largest absolute Gasteiger partial charge is 0.464 e. The SMILES string of the molecule is CCOC(=O)C(C)NC(=O)C1(c2ccccc2)CC1. The number of ether oxygens (including phenoxy) is 1. The fourth-order valence-corrected chi connectivity index (χ4v) is 2.19. The Morgan fingerprint density at radius 2 is 1.95 bits per heavy atom. The predicted octanol–water partition coefficient (Wildman–Crippen LogP) is 1.79. The molecule has 1 aromatic carbocycles. The summed E-state index contributed by atoms with van der Waals surface area (Å²) >= 11 is 0. The van der Waals surface area contributed by atoms with Crippen molar-refractivity contribution in [2.45, 2.75) is 38.1 Å². The maximum absolute atomic E-state index is 12.3. The number of hydrogen-bond acceptors (Lipinski definition) is 3. The lowest BCUT2D eigenvalue weighted by Crippen LogP contribution is -2.44. The summed E-state index contributed by atoms with van der Waals surface area (Å²) in [4.78, 5) is 23.9. The Balaban J connectivity index is 2.03. The molecule has 19 heavy (non-hydrogen) atoms. The fourth-order valence-electron chi connectivity index (χ4n) is 2.19. The van der Waals surface area contributed by atoms with E-state index >= 15 is 0 Å². The molecule has 4 nitrogen and oxygen atoms in total. The molecule has 1 saturated carbocycles. The Morgan fingerprint density at radius 3 is 2.47 bits per heavy atom. The van der Waals surface area contributed by atoms with E-state index < -0.39 is 11.5 Å².